The van der Waals surface area contributed by atoms with Gasteiger partial charge in [-0.25, -0.2) is 9.97 Å². The number of rotatable bonds is 4. The van der Waals surface area contributed by atoms with Gasteiger partial charge in [0.25, 0.3) is 0 Å². The summed E-state index contributed by atoms with van der Waals surface area (Å²) >= 11 is 0. The maximum Gasteiger partial charge on any atom is 0.145 e. The first-order valence-corrected chi connectivity index (χ1v) is 18.2. The largest absolute Gasteiger partial charge is 0.292 e. The molecule has 0 atom stereocenters. The third-order valence-corrected chi connectivity index (χ3v) is 11.3. The first kappa shape index (κ1) is 29.9. The van der Waals surface area contributed by atoms with Gasteiger partial charge in [0, 0.05) is 27.9 Å². The van der Waals surface area contributed by atoms with Crippen LogP contribution in [0.2, 0.25) is 0 Å². The molecule has 53 heavy (non-hydrogen) atoms. The SMILES string of the molecule is CC1(C)c2cc3c(cc2-c2cc4nc(-c5ccc6ccccc6c5)n(-c5ccccc5)c4cc21)nc(-c1ccc2ccccc2c1)n3-c1ccccc1. The average molecular weight is 679 g/mol. The monoisotopic (exact) mass is 678 g/mol. The van der Waals surface area contributed by atoms with E-state index in [9.17, 15) is 0 Å². The average Bonchev–Trinajstić information content (AvgIpc) is 3.84. The quantitative estimate of drug-likeness (QED) is 0.186. The number of hydrogen-bond donors (Lipinski definition) is 0. The maximum atomic E-state index is 5.39. The van der Waals surface area contributed by atoms with Gasteiger partial charge in [0.15, 0.2) is 0 Å². The zero-order valence-corrected chi connectivity index (χ0v) is 29.5. The fourth-order valence-corrected chi connectivity index (χ4v) is 8.59. The molecule has 0 N–H and O–H groups in total. The standard InChI is InChI=1S/C49H34N4/c1-49(2)41-29-45-43(50-47(52(45)37-17-5-3-6-18-37)35-23-21-31-13-9-11-15-33(31)25-35)27-39(41)40-28-44-46(30-42(40)49)53(38-19-7-4-8-20-38)48(51-44)36-24-22-32-14-10-12-16-34(32)26-36/h3-30H,1-2H3. The van der Waals surface area contributed by atoms with Gasteiger partial charge >= 0.3 is 0 Å². The highest BCUT2D eigenvalue weighted by Crippen LogP contribution is 2.52. The molecule has 0 unspecified atom stereocenters. The molecule has 2 heterocycles. The molecule has 8 aromatic carbocycles. The number of para-hydroxylation sites is 2. The molecule has 0 saturated carbocycles. The third-order valence-electron chi connectivity index (χ3n) is 11.3. The van der Waals surface area contributed by atoms with Crippen LogP contribution in [0.5, 0.6) is 0 Å². The molecule has 0 saturated heterocycles. The molecule has 0 aliphatic heterocycles. The Balaban J connectivity index is 1.14. The molecule has 11 rings (SSSR count). The third kappa shape index (κ3) is 4.49. The van der Waals surface area contributed by atoms with Gasteiger partial charge in [0.2, 0.25) is 0 Å². The summed E-state index contributed by atoms with van der Waals surface area (Å²) in [6.07, 6.45) is 0. The van der Waals surface area contributed by atoms with E-state index in [2.05, 4.69) is 193 Å². The van der Waals surface area contributed by atoms with Gasteiger partial charge in [-0.1, -0.05) is 123 Å². The molecule has 1 aliphatic carbocycles. The number of aromatic nitrogens is 4. The van der Waals surface area contributed by atoms with Crippen molar-refractivity contribution in [2.75, 3.05) is 0 Å². The van der Waals surface area contributed by atoms with Gasteiger partial charge in [-0.3, -0.25) is 9.13 Å². The molecule has 1 aliphatic rings. The van der Waals surface area contributed by atoms with Crippen LogP contribution in [0.15, 0.2) is 170 Å². The Kier molecular flexibility index (Phi) is 6.27. The molecular weight excluding hydrogens is 645 g/mol. The van der Waals surface area contributed by atoms with Crippen LogP contribution in [0.25, 0.3) is 88.9 Å². The second kappa shape index (κ2) is 11.1. The Morgan fingerprint density at radius 3 is 1.23 bits per heavy atom. The Hall–Kier alpha value is -6.78. The van der Waals surface area contributed by atoms with Crippen molar-refractivity contribution in [3.8, 4) is 45.3 Å². The summed E-state index contributed by atoms with van der Waals surface area (Å²) in [5.74, 6) is 1.88. The van der Waals surface area contributed by atoms with Crippen molar-refractivity contribution in [1.29, 1.82) is 0 Å². The van der Waals surface area contributed by atoms with E-state index in [4.69, 9.17) is 9.97 Å². The van der Waals surface area contributed by atoms with E-state index >= 15 is 0 Å². The minimum Gasteiger partial charge on any atom is -0.292 e. The zero-order valence-electron chi connectivity index (χ0n) is 29.5. The van der Waals surface area contributed by atoms with Crippen LogP contribution in [0, 0.1) is 0 Å². The second-order valence-corrected chi connectivity index (χ2v) is 14.7. The van der Waals surface area contributed by atoms with Crippen LogP contribution in [-0.2, 0) is 5.41 Å². The molecule has 4 heteroatoms. The number of fused-ring (bicyclic) bond motifs is 7. The Labute approximate surface area is 307 Å². The lowest BCUT2D eigenvalue weighted by molar-refractivity contribution is 0.661. The smallest absolute Gasteiger partial charge is 0.145 e. The summed E-state index contributed by atoms with van der Waals surface area (Å²) in [7, 11) is 0. The Bertz CT molecular complexity index is 2870. The van der Waals surface area contributed by atoms with Gasteiger partial charge in [-0.2, -0.15) is 0 Å². The van der Waals surface area contributed by atoms with Crippen LogP contribution in [0.4, 0.5) is 0 Å². The van der Waals surface area contributed by atoms with E-state index in [0.717, 1.165) is 56.2 Å². The number of hydrogen-bond acceptors (Lipinski definition) is 2. The summed E-state index contributed by atoms with van der Waals surface area (Å²) in [4.78, 5) is 10.8. The fourth-order valence-electron chi connectivity index (χ4n) is 8.59. The molecule has 4 nitrogen and oxygen atoms in total. The van der Waals surface area contributed by atoms with Gasteiger partial charge in [0.1, 0.15) is 11.6 Å². The van der Waals surface area contributed by atoms with Crippen LogP contribution >= 0.6 is 0 Å². The predicted octanol–water partition coefficient (Wildman–Crippen LogP) is 12.3. The number of imidazole rings is 2. The van der Waals surface area contributed by atoms with Crippen LogP contribution in [-0.4, -0.2) is 19.1 Å². The Morgan fingerprint density at radius 1 is 0.396 bits per heavy atom. The highest BCUT2D eigenvalue weighted by Gasteiger charge is 2.38. The van der Waals surface area contributed by atoms with Crippen molar-refractivity contribution in [3.05, 3.63) is 181 Å². The lowest BCUT2D eigenvalue weighted by atomic mass is 9.82. The first-order valence-electron chi connectivity index (χ1n) is 18.2. The van der Waals surface area contributed by atoms with E-state index < -0.39 is 0 Å². The van der Waals surface area contributed by atoms with E-state index in [1.807, 2.05) is 0 Å². The molecule has 0 spiro atoms. The Morgan fingerprint density at radius 2 is 0.792 bits per heavy atom. The number of nitrogens with zero attached hydrogens (tertiary/aromatic N) is 4. The molecule has 0 radical (unpaired) electrons. The van der Waals surface area contributed by atoms with E-state index in [1.54, 1.807) is 0 Å². The summed E-state index contributed by atoms with van der Waals surface area (Å²) in [6, 6.07) is 61.0. The molecule has 10 aromatic rings. The van der Waals surface area contributed by atoms with Crippen LogP contribution in [0.1, 0.15) is 25.0 Å². The van der Waals surface area contributed by atoms with E-state index in [0.29, 0.717) is 0 Å². The summed E-state index contributed by atoms with van der Waals surface area (Å²) in [5, 5.41) is 4.86. The topological polar surface area (TPSA) is 35.6 Å². The fraction of sp³-hybridized carbons (Fsp3) is 0.0612. The molecule has 0 amide bonds. The van der Waals surface area contributed by atoms with Crippen LogP contribution in [0.3, 0.4) is 0 Å². The summed E-state index contributed by atoms with van der Waals surface area (Å²) < 4.78 is 4.66. The van der Waals surface area contributed by atoms with Gasteiger partial charge in [-0.05, 0) is 104 Å². The molecule has 250 valence electrons. The lowest BCUT2D eigenvalue weighted by Crippen LogP contribution is -2.15. The lowest BCUT2D eigenvalue weighted by Gasteiger charge is -2.22. The van der Waals surface area contributed by atoms with Crippen LogP contribution < -0.4 is 0 Å². The van der Waals surface area contributed by atoms with Crippen molar-refractivity contribution >= 4 is 43.6 Å². The van der Waals surface area contributed by atoms with Gasteiger partial charge in [-0.15, -0.1) is 0 Å². The predicted molar refractivity (Wildman–Crippen MR) is 219 cm³/mol. The first-order chi connectivity index (χ1) is 26.0. The maximum absolute atomic E-state index is 5.39. The highest BCUT2D eigenvalue weighted by molar-refractivity contribution is 5.98. The summed E-state index contributed by atoms with van der Waals surface area (Å²) in [6.45, 7) is 4.71. The normalized spacial score (nSPS) is 13.2. The molecule has 0 fully saturated rings. The van der Waals surface area contributed by atoms with Crippen molar-refractivity contribution < 1.29 is 0 Å². The van der Waals surface area contributed by atoms with Crippen molar-refractivity contribution in [2.24, 2.45) is 0 Å². The molecule has 0 bridgehead atoms. The summed E-state index contributed by atoms with van der Waals surface area (Å²) in [5.41, 5.74) is 13.4. The minimum atomic E-state index is -0.253. The van der Waals surface area contributed by atoms with Crippen molar-refractivity contribution in [1.82, 2.24) is 19.1 Å². The van der Waals surface area contributed by atoms with Gasteiger partial charge in [0.05, 0.1) is 22.1 Å². The minimum absolute atomic E-state index is 0.253. The second-order valence-electron chi connectivity index (χ2n) is 14.7. The van der Waals surface area contributed by atoms with Gasteiger partial charge < -0.3 is 0 Å². The zero-order chi connectivity index (χ0) is 35.3. The highest BCUT2D eigenvalue weighted by atomic mass is 15.1. The van der Waals surface area contributed by atoms with Crippen molar-refractivity contribution in [3.63, 3.8) is 0 Å². The molecular formula is C49H34N4. The molecule has 2 aromatic heterocycles. The van der Waals surface area contributed by atoms with Crippen molar-refractivity contribution in [2.45, 2.75) is 19.3 Å². The van der Waals surface area contributed by atoms with E-state index in [-0.39, 0.29) is 5.41 Å². The van der Waals surface area contributed by atoms with E-state index in [1.165, 1.54) is 43.8 Å². The number of benzene rings is 8.